The zero-order chi connectivity index (χ0) is 26.6. The average molecular weight is 544 g/mol. The lowest BCUT2D eigenvalue weighted by Crippen LogP contribution is -2.49. The van der Waals surface area contributed by atoms with Gasteiger partial charge in [-0.25, -0.2) is 4.39 Å². The fourth-order valence-corrected chi connectivity index (χ4v) is 5.77. The molecule has 3 aromatic rings. The van der Waals surface area contributed by atoms with Gasteiger partial charge in [0.2, 0.25) is 5.89 Å². The van der Waals surface area contributed by atoms with Gasteiger partial charge in [0.1, 0.15) is 5.82 Å². The Balaban J connectivity index is 1.23. The summed E-state index contributed by atoms with van der Waals surface area (Å²) in [5.41, 5.74) is 2.47. The number of hydrogen-bond donors (Lipinski definition) is 1. The van der Waals surface area contributed by atoms with Crippen LogP contribution in [0.5, 0.6) is 0 Å². The van der Waals surface area contributed by atoms with Gasteiger partial charge in [-0.2, -0.15) is 8.78 Å². The first kappa shape index (κ1) is 26.6. The maximum absolute atomic E-state index is 14.8. The minimum Gasteiger partial charge on any atom is -0.415 e. The van der Waals surface area contributed by atoms with Crippen molar-refractivity contribution in [3.8, 4) is 11.5 Å². The third kappa shape index (κ3) is 5.87. The van der Waals surface area contributed by atoms with Crippen LogP contribution in [0.1, 0.15) is 53.6 Å². The van der Waals surface area contributed by atoms with Gasteiger partial charge < -0.3 is 14.5 Å². The van der Waals surface area contributed by atoms with Crippen molar-refractivity contribution >= 4 is 17.5 Å². The number of halogens is 3. The molecule has 38 heavy (non-hydrogen) atoms. The zero-order valence-electron chi connectivity index (χ0n) is 20.9. The lowest BCUT2D eigenvalue weighted by Gasteiger charge is -2.32. The maximum atomic E-state index is 14.8. The highest BCUT2D eigenvalue weighted by Crippen LogP contribution is 2.32. The summed E-state index contributed by atoms with van der Waals surface area (Å²) in [5, 5.41) is 10.5. The van der Waals surface area contributed by atoms with E-state index in [1.54, 1.807) is 6.08 Å². The Kier molecular flexibility index (Phi) is 8.30. The number of carbonyl (C=O) groups excluding carboxylic acids is 1. The van der Waals surface area contributed by atoms with E-state index in [4.69, 9.17) is 9.15 Å². The first-order valence-corrected chi connectivity index (χ1v) is 13.6. The number of benzene rings is 2. The Morgan fingerprint density at radius 2 is 1.97 bits per heavy atom. The van der Waals surface area contributed by atoms with E-state index < -0.39 is 18.1 Å². The number of aromatic nitrogens is 2. The van der Waals surface area contributed by atoms with E-state index in [0.717, 1.165) is 18.2 Å². The molecule has 0 radical (unpaired) electrons. The van der Waals surface area contributed by atoms with E-state index >= 15 is 0 Å². The van der Waals surface area contributed by atoms with Crippen LogP contribution in [-0.4, -0.2) is 47.0 Å². The number of nitrogens with one attached hydrogen (secondary N) is 1. The van der Waals surface area contributed by atoms with Crippen LogP contribution in [0.25, 0.3) is 11.5 Å². The molecule has 200 valence electrons. The standard InChI is InChI=1S/C28H28F3N3O3S/c1-2-38-24-6-4-3-5-17(24)11-20-15-36-14-19(32-20)9-7-16-8-10-21-22(25(16)35)12-18(13-23(21)29)27-33-34-28(37-27)26(30)31/h3-6,8,12-13,19-20,26,32H,2,7,9-11,14-15H2,1H3/t19-,20?/m0/s1. The summed E-state index contributed by atoms with van der Waals surface area (Å²) < 4.78 is 51.3. The van der Waals surface area contributed by atoms with Crippen LogP contribution in [0.15, 0.2) is 57.4 Å². The van der Waals surface area contributed by atoms with Crippen LogP contribution in [0.2, 0.25) is 0 Å². The van der Waals surface area contributed by atoms with Crippen molar-refractivity contribution in [1.29, 1.82) is 0 Å². The number of hydrogen-bond acceptors (Lipinski definition) is 7. The predicted octanol–water partition coefficient (Wildman–Crippen LogP) is 5.97. The summed E-state index contributed by atoms with van der Waals surface area (Å²) in [6.07, 6.45) is 1.18. The van der Waals surface area contributed by atoms with E-state index in [1.165, 1.54) is 16.5 Å². The molecule has 1 N–H and O–H groups in total. The number of fused-ring (bicyclic) bond motifs is 1. The van der Waals surface area contributed by atoms with Crippen molar-refractivity contribution in [2.24, 2.45) is 0 Å². The first-order chi connectivity index (χ1) is 18.4. The number of Topliss-reactive ketones (excluding diaryl/α,β-unsaturated/α-hetero) is 1. The topological polar surface area (TPSA) is 77.2 Å². The molecule has 2 aliphatic rings. The monoisotopic (exact) mass is 543 g/mol. The minimum absolute atomic E-state index is 0.0871. The normalized spacial score (nSPS) is 19.5. The van der Waals surface area contributed by atoms with Gasteiger partial charge in [0, 0.05) is 33.7 Å². The number of nitrogens with zero attached hydrogens (tertiary/aromatic N) is 2. The molecule has 0 spiro atoms. The van der Waals surface area contributed by atoms with E-state index in [9.17, 15) is 18.0 Å². The molecule has 2 atom stereocenters. The van der Waals surface area contributed by atoms with Crippen LogP contribution in [0.3, 0.4) is 0 Å². The van der Waals surface area contributed by atoms with Crippen molar-refractivity contribution in [2.45, 2.75) is 56.0 Å². The number of rotatable bonds is 9. The number of morpholine rings is 1. The molecule has 1 fully saturated rings. The summed E-state index contributed by atoms with van der Waals surface area (Å²) in [5.74, 6) is -0.973. The molecular weight excluding hydrogens is 515 g/mol. The molecule has 0 bridgehead atoms. The Morgan fingerprint density at radius 1 is 1.16 bits per heavy atom. The Bertz CT molecular complexity index is 1340. The third-order valence-corrected chi connectivity index (χ3v) is 7.77. The molecule has 0 saturated carbocycles. The first-order valence-electron chi connectivity index (χ1n) is 12.7. The Hall–Kier alpha value is -2.95. The summed E-state index contributed by atoms with van der Waals surface area (Å²) >= 11 is 1.83. The predicted molar refractivity (Wildman–Crippen MR) is 138 cm³/mol. The highest BCUT2D eigenvalue weighted by atomic mass is 32.2. The van der Waals surface area contributed by atoms with Gasteiger partial charge in [0.15, 0.2) is 5.78 Å². The van der Waals surface area contributed by atoms with Gasteiger partial charge in [-0.3, -0.25) is 4.79 Å². The molecule has 6 nitrogen and oxygen atoms in total. The maximum Gasteiger partial charge on any atom is 0.314 e. The molecule has 1 aromatic heterocycles. The number of ketones is 1. The number of ether oxygens (including phenoxy) is 1. The summed E-state index contributed by atoms with van der Waals surface area (Å²) in [4.78, 5) is 14.6. The summed E-state index contributed by atoms with van der Waals surface area (Å²) in [6, 6.07) is 11.3. The molecule has 2 aromatic carbocycles. The van der Waals surface area contributed by atoms with Crippen LogP contribution >= 0.6 is 11.8 Å². The molecule has 0 amide bonds. The molecule has 1 aliphatic heterocycles. The SMILES string of the molecule is CCSc1ccccc1CC1COC[C@H](CCC2=CCc3c(F)cc(-c4nnc(C(F)F)o4)cc3C2=O)N1. The van der Waals surface area contributed by atoms with Gasteiger partial charge >= 0.3 is 6.43 Å². The number of alkyl halides is 2. The molecule has 1 saturated heterocycles. The Morgan fingerprint density at radius 3 is 2.76 bits per heavy atom. The smallest absolute Gasteiger partial charge is 0.314 e. The minimum atomic E-state index is -2.93. The lowest BCUT2D eigenvalue weighted by molar-refractivity contribution is 0.0430. The second-order valence-electron chi connectivity index (χ2n) is 9.37. The van der Waals surface area contributed by atoms with Crippen molar-refractivity contribution in [1.82, 2.24) is 15.5 Å². The fourth-order valence-electron chi connectivity index (χ4n) is 4.95. The van der Waals surface area contributed by atoms with Gasteiger partial charge in [0.05, 0.1) is 13.2 Å². The van der Waals surface area contributed by atoms with E-state index in [2.05, 4.69) is 46.7 Å². The molecule has 2 heterocycles. The number of thioether (sulfide) groups is 1. The molecular formula is C28H28F3N3O3S. The molecule has 1 aliphatic carbocycles. The average Bonchev–Trinajstić information content (AvgIpc) is 3.41. The van der Waals surface area contributed by atoms with Gasteiger partial charge in [0.25, 0.3) is 5.89 Å². The quantitative estimate of drug-likeness (QED) is 0.333. The second kappa shape index (κ2) is 11.8. The third-order valence-electron chi connectivity index (χ3n) is 6.77. The van der Waals surface area contributed by atoms with Crippen LogP contribution in [-0.2, 0) is 17.6 Å². The molecule has 10 heteroatoms. The van der Waals surface area contributed by atoms with Crippen molar-refractivity contribution in [3.63, 3.8) is 0 Å². The highest BCUT2D eigenvalue weighted by Gasteiger charge is 2.28. The van der Waals surface area contributed by atoms with Gasteiger partial charge in [-0.05, 0) is 60.8 Å². The Labute approximate surface area is 223 Å². The zero-order valence-corrected chi connectivity index (χ0v) is 21.7. The van der Waals surface area contributed by atoms with E-state index in [-0.39, 0.29) is 46.9 Å². The molecule has 5 rings (SSSR count). The van der Waals surface area contributed by atoms with E-state index in [0.29, 0.717) is 31.6 Å². The summed E-state index contributed by atoms with van der Waals surface area (Å²) in [6.45, 7) is 3.33. The fraction of sp³-hybridized carbons (Fsp3) is 0.393. The summed E-state index contributed by atoms with van der Waals surface area (Å²) in [7, 11) is 0. The second-order valence-corrected chi connectivity index (χ2v) is 10.7. The highest BCUT2D eigenvalue weighted by molar-refractivity contribution is 7.99. The number of allylic oxidation sites excluding steroid dienone is 2. The van der Waals surface area contributed by atoms with Crippen molar-refractivity contribution in [2.75, 3.05) is 19.0 Å². The van der Waals surface area contributed by atoms with Crippen molar-refractivity contribution in [3.05, 3.63) is 76.4 Å². The number of carbonyl (C=O) groups is 1. The van der Waals surface area contributed by atoms with Crippen LogP contribution in [0, 0.1) is 5.82 Å². The van der Waals surface area contributed by atoms with Crippen molar-refractivity contribution < 1.29 is 27.1 Å². The van der Waals surface area contributed by atoms with Gasteiger partial charge in [-0.15, -0.1) is 22.0 Å². The van der Waals surface area contributed by atoms with Crippen LogP contribution < -0.4 is 5.32 Å². The molecule has 1 unspecified atom stereocenters. The van der Waals surface area contributed by atoms with Crippen LogP contribution in [0.4, 0.5) is 13.2 Å². The van der Waals surface area contributed by atoms with Gasteiger partial charge in [-0.1, -0.05) is 31.2 Å². The lowest BCUT2D eigenvalue weighted by atomic mass is 9.86. The largest absolute Gasteiger partial charge is 0.415 e. The van der Waals surface area contributed by atoms with E-state index in [1.807, 2.05) is 11.8 Å².